The zero-order valence-electron chi connectivity index (χ0n) is 17.1. The number of nitrogens with one attached hydrogen (secondary N) is 1. The molecule has 0 aromatic carbocycles. The third kappa shape index (κ3) is 18.3. The summed E-state index contributed by atoms with van der Waals surface area (Å²) < 4.78 is 0. The number of rotatable bonds is 19. The van der Waals surface area contributed by atoms with Crippen molar-refractivity contribution in [2.45, 2.75) is 136 Å². The zero-order valence-corrected chi connectivity index (χ0v) is 17.1. The molecule has 0 fully saturated rings. The van der Waals surface area contributed by atoms with Crippen molar-refractivity contribution in [1.82, 2.24) is 5.32 Å². The van der Waals surface area contributed by atoms with Crippen LogP contribution in [0.3, 0.4) is 0 Å². The topological polar surface area (TPSA) is 32.3 Å². The Morgan fingerprint density at radius 3 is 1.33 bits per heavy atom. The minimum absolute atomic E-state index is 0.233. The highest BCUT2D eigenvalue weighted by Gasteiger charge is 2.05. The summed E-state index contributed by atoms with van der Waals surface area (Å²) >= 11 is 0. The van der Waals surface area contributed by atoms with Crippen molar-refractivity contribution in [2.75, 3.05) is 6.61 Å². The molecule has 0 aromatic rings. The molecule has 146 valence electrons. The number of hydrogen-bond donors (Lipinski definition) is 2. The Morgan fingerprint density at radius 2 is 0.958 bits per heavy atom. The van der Waals surface area contributed by atoms with Crippen LogP contribution in [0.5, 0.6) is 0 Å². The largest absolute Gasteiger partial charge is 0.395 e. The van der Waals surface area contributed by atoms with Crippen molar-refractivity contribution in [3.63, 3.8) is 0 Å². The van der Waals surface area contributed by atoms with Gasteiger partial charge in [0, 0.05) is 12.1 Å². The molecule has 0 saturated carbocycles. The van der Waals surface area contributed by atoms with E-state index in [-0.39, 0.29) is 12.6 Å². The van der Waals surface area contributed by atoms with Crippen molar-refractivity contribution < 1.29 is 5.11 Å². The molecular formula is C22H47NO. The molecule has 2 nitrogen and oxygen atoms in total. The molecule has 0 aliphatic rings. The highest BCUT2D eigenvalue weighted by molar-refractivity contribution is 4.66. The Hall–Kier alpha value is -0.0800. The molecule has 0 aromatic heterocycles. The fourth-order valence-corrected chi connectivity index (χ4v) is 3.44. The van der Waals surface area contributed by atoms with Crippen molar-refractivity contribution in [1.29, 1.82) is 0 Å². The van der Waals surface area contributed by atoms with E-state index in [1.54, 1.807) is 0 Å². The molecule has 0 spiro atoms. The van der Waals surface area contributed by atoms with Crippen LogP contribution in [-0.4, -0.2) is 23.8 Å². The quantitative estimate of drug-likeness (QED) is 0.259. The summed E-state index contributed by atoms with van der Waals surface area (Å²) in [7, 11) is 0. The summed E-state index contributed by atoms with van der Waals surface area (Å²) in [5.74, 6) is 0. The SMILES string of the molecule is CCCCCCCCCCCCCCCCCC(C)NC(C)CO. The molecule has 2 N–H and O–H groups in total. The second kappa shape index (κ2) is 19.2. The van der Waals surface area contributed by atoms with Gasteiger partial charge in [0.2, 0.25) is 0 Å². The van der Waals surface area contributed by atoms with Gasteiger partial charge in [0.1, 0.15) is 0 Å². The lowest BCUT2D eigenvalue weighted by atomic mass is 10.0. The predicted molar refractivity (Wildman–Crippen MR) is 109 cm³/mol. The van der Waals surface area contributed by atoms with E-state index in [1.807, 2.05) is 6.92 Å². The molecule has 0 saturated heterocycles. The van der Waals surface area contributed by atoms with Crippen LogP contribution >= 0.6 is 0 Å². The Labute approximate surface area is 153 Å². The first kappa shape index (κ1) is 23.9. The number of unbranched alkanes of at least 4 members (excludes halogenated alkanes) is 14. The van der Waals surface area contributed by atoms with E-state index >= 15 is 0 Å². The molecule has 0 radical (unpaired) electrons. The van der Waals surface area contributed by atoms with Gasteiger partial charge < -0.3 is 10.4 Å². The van der Waals surface area contributed by atoms with Gasteiger partial charge in [-0.3, -0.25) is 0 Å². The van der Waals surface area contributed by atoms with Crippen LogP contribution in [0.1, 0.15) is 124 Å². The molecule has 2 atom stereocenters. The summed E-state index contributed by atoms with van der Waals surface area (Å²) in [6.45, 7) is 6.81. The van der Waals surface area contributed by atoms with Gasteiger partial charge in [-0.1, -0.05) is 103 Å². The molecule has 0 aliphatic heterocycles. The first-order valence-electron chi connectivity index (χ1n) is 11.1. The van der Waals surface area contributed by atoms with Gasteiger partial charge in [0.15, 0.2) is 0 Å². The molecule has 2 heteroatoms. The van der Waals surface area contributed by atoms with Gasteiger partial charge in [-0.25, -0.2) is 0 Å². The zero-order chi connectivity index (χ0) is 17.9. The average Bonchev–Trinajstić information content (AvgIpc) is 2.58. The lowest BCUT2D eigenvalue weighted by Crippen LogP contribution is -2.36. The Kier molecular flexibility index (Phi) is 19.2. The molecule has 0 amide bonds. The van der Waals surface area contributed by atoms with Gasteiger partial charge in [-0.15, -0.1) is 0 Å². The summed E-state index contributed by atoms with van der Waals surface area (Å²) in [6, 6.07) is 0.769. The minimum Gasteiger partial charge on any atom is -0.395 e. The Balaban J connectivity index is 3.10. The van der Waals surface area contributed by atoms with Gasteiger partial charge in [-0.05, 0) is 20.3 Å². The normalized spacial score (nSPS) is 14.0. The third-order valence-electron chi connectivity index (χ3n) is 5.08. The fraction of sp³-hybridized carbons (Fsp3) is 1.00. The van der Waals surface area contributed by atoms with E-state index < -0.39 is 0 Å². The van der Waals surface area contributed by atoms with E-state index in [4.69, 9.17) is 5.11 Å². The van der Waals surface area contributed by atoms with Gasteiger partial charge in [0.25, 0.3) is 0 Å². The summed E-state index contributed by atoms with van der Waals surface area (Å²) in [5, 5.41) is 12.5. The Morgan fingerprint density at radius 1 is 0.583 bits per heavy atom. The van der Waals surface area contributed by atoms with Crippen molar-refractivity contribution >= 4 is 0 Å². The third-order valence-corrected chi connectivity index (χ3v) is 5.08. The maximum Gasteiger partial charge on any atom is 0.0582 e. The van der Waals surface area contributed by atoms with Crippen LogP contribution in [0.2, 0.25) is 0 Å². The lowest BCUT2D eigenvalue weighted by molar-refractivity contribution is 0.240. The van der Waals surface area contributed by atoms with Gasteiger partial charge in [-0.2, -0.15) is 0 Å². The van der Waals surface area contributed by atoms with Crippen molar-refractivity contribution in [3.8, 4) is 0 Å². The molecular weight excluding hydrogens is 294 g/mol. The molecule has 24 heavy (non-hydrogen) atoms. The van der Waals surface area contributed by atoms with E-state index in [9.17, 15) is 0 Å². The lowest BCUT2D eigenvalue weighted by Gasteiger charge is -2.18. The smallest absolute Gasteiger partial charge is 0.0582 e. The Bertz CT molecular complexity index is 232. The van der Waals surface area contributed by atoms with Gasteiger partial charge >= 0.3 is 0 Å². The predicted octanol–water partition coefficient (Wildman–Crippen LogP) is 6.61. The van der Waals surface area contributed by atoms with E-state index in [0.717, 1.165) is 0 Å². The van der Waals surface area contributed by atoms with Crippen molar-refractivity contribution in [3.05, 3.63) is 0 Å². The highest BCUT2D eigenvalue weighted by atomic mass is 16.3. The molecule has 0 heterocycles. The maximum atomic E-state index is 9.02. The van der Waals surface area contributed by atoms with Crippen LogP contribution in [-0.2, 0) is 0 Å². The number of aliphatic hydroxyl groups excluding tert-OH is 1. The second-order valence-electron chi connectivity index (χ2n) is 7.89. The van der Waals surface area contributed by atoms with Crippen LogP contribution < -0.4 is 5.32 Å². The summed E-state index contributed by atoms with van der Waals surface area (Å²) in [6.07, 6.45) is 22.6. The summed E-state index contributed by atoms with van der Waals surface area (Å²) in [4.78, 5) is 0. The van der Waals surface area contributed by atoms with Crippen LogP contribution in [0.4, 0.5) is 0 Å². The molecule has 0 aliphatic carbocycles. The first-order valence-corrected chi connectivity index (χ1v) is 11.1. The van der Waals surface area contributed by atoms with E-state index in [0.29, 0.717) is 6.04 Å². The maximum absolute atomic E-state index is 9.02. The minimum atomic E-state index is 0.233. The molecule has 0 rings (SSSR count). The fourth-order valence-electron chi connectivity index (χ4n) is 3.44. The molecule has 2 unspecified atom stereocenters. The average molecular weight is 342 g/mol. The molecule has 0 bridgehead atoms. The van der Waals surface area contributed by atoms with Gasteiger partial charge in [0.05, 0.1) is 6.61 Å². The van der Waals surface area contributed by atoms with Crippen LogP contribution in [0, 0.1) is 0 Å². The number of hydrogen-bond acceptors (Lipinski definition) is 2. The monoisotopic (exact) mass is 341 g/mol. The van der Waals surface area contributed by atoms with Crippen LogP contribution in [0.15, 0.2) is 0 Å². The van der Waals surface area contributed by atoms with E-state index in [1.165, 1.54) is 103 Å². The summed E-state index contributed by atoms with van der Waals surface area (Å²) in [5.41, 5.74) is 0. The highest BCUT2D eigenvalue weighted by Crippen LogP contribution is 2.14. The van der Waals surface area contributed by atoms with E-state index in [2.05, 4.69) is 19.2 Å². The first-order chi connectivity index (χ1) is 11.7. The van der Waals surface area contributed by atoms with Crippen molar-refractivity contribution in [2.24, 2.45) is 0 Å². The van der Waals surface area contributed by atoms with Crippen LogP contribution in [0.25, 0.3) is 0 Å². The second-order valence-corrected chi connectivity index (χ2v) is 7.89. The standard InChI is InChI=1S/C22H47NO/c1-4-5-6-7-8-9-10-11-12-13-14-15-16-17-18-19-21(2)23-22(3)20-24/h21-24H,4-20H2,1-3H3. The number of aliphatic hydroxyl groups is 1.